The summed E-state index contributed by atoms with van der Waals surface area (Å²) in [4.78, 5) is 10.0. The number of nitro groups is 1. The minimum absolute atomic E-state index is 0.138. The van der Waals surface area contributed by atoms with Crippen LogP contribution in [0.3, 0.4) is 0 Å². The standard InChI is InChI=1S/C11H14Cl2N2O3/c1-7(2)14-3-4-18-11-9(12)5-8(15(16)17)6-10(11)13/h5-7,14H,3-4H2,1-2H3. The highest BCUT2D eigenvalue weighted by atomic mass is 35.5. The number of non-ortho nitro benzene ring substituents is 1. The van der Waals surface area contributed by atoms with Crippen LogP contribution in [0.1, 0.15) is 13.8 Å². The number of rotatable bonds is 6. The van der Waals surface area contributed by atoms with E-state index in [2.05, 4.69) is 5.32 Å². The number of ether oxygens (including phenoxy) is 1. The van der Waals surface area contributed by atoms with Gasteiger partial charge in [0.05, 0.1) is 15.0 Å². The fourth-order valence-electron chi connectivity index (χ4n) is 1.29. The molecule has 0 aromatic heterocycles. The largest absolute Gasteiger partial charge is 0.489 e. The fourth-order valence-corrected chi connectivity index (χ4v) is 1.88. The number of nitro benzene ring substituents is 1. The summed E-state index contributed by atoms with van der Waals surface area (Å²) in [5, 5.41) is 14.0. The molecule has 0 unspecified atom stereocenters. The third-order valence-corrected chi connectivity index (χ3v) is 2.66. The van der Waals surface area contributed by atoms with E-state index in [0.717, 1.165) is 0 Å². The molecule has 0 saturated heterocycles. The van der Waals surface area contributed by atoms with E-state index >= 15 is 0 Å². The van der Waals surface area contributed by atoms with Crippen molar-refractivity contribution in [3.05, 3.63) is 32.3 Å². The molecule has 0 fully saturated rings. The summed E-state index contributed by atoms with van der Waals surface area (Å²) in [6, 6.07) is 2.80. The topological polar surface area (TPSA) is 64.4 Å². The average Bonchev–Trinajstić information content (AvgIpc) is 2.26. The maximum Gasteiger partial charge on any atom is 0.272 e. The lowest BCUT2D eigenvalue weighted by molar-refractivity contribution is -0.384. The summed E-state index contributed by atoms with van der Waals surface area (Å²) in [5.74, 6) is 0.273. The molecule has 18 heavy (non-hydrogen) atoms. The monoisotopic (exact) mass is 292 g/mol. The molecule has 0 aliphatic rings. The summed E-state index contributed by atoms with van der Waals surface area (Å²) < 4.78 is 5.40. The van der Waals surface area contributed by atoms with Crippen molar-refractivity contribution < 1.29 is 9.66 Å². The molecule has 0 atom stereocenters. The zero-order valence-electron chi connectivity index (χ0n) is 10.1. The average molecular weight is 293 g/mol. The molecule has 7 heteroatoms. The predicted molar refractivity (Wildman–Crippen MR) is 71.8 cm³/mol. The lowest BCUT2D eigenvalue weighted by Gasteiger charge is -2.11. The van der Waals surface area contributed by atoms with Crippen LogP contribution in [0.25, 0.3) is 0 Å². The Labute approximate surface area is 115 Å². The number of hydrogen-bond acceptors (Lipinski definition) is 4. The number of benzene rings is 1. The van der Waals surface area contributed by atoms with E-state index in [-0.39, 0.29) is 21.5 Å². The Morgan fingerprint density at radius 3 is 2.39 bits per heavy atom. The second kappa shape index (κ2) is 6.78. The molecule has 0 aliphatic heterocycles. The minimum atomic E-state index is -0.554. The Balaban J connectivity index is 2.69. The molecule has 1 aromatic carbocycles. The van der Waals surface area contributed by atoms with Crippen LogP contribution >= 0.6 is 23.2 Å². The lowest BCUT2D eigenvalue weighted by Crippen LogP contribution is -2.27. The van der Waals surface area contributed by atoms with Crippen LogP contribution in [0.15, 0.2) is 12.1 Å². The zero-order chi connectivity index (χ0) is 13.7. The van der Waals surface area contributed by atoms with E-state index in [1.807, 2.05) is 13.8 Å². The Kier molecular flexibility index (Phi) is 5.65. The van der Waals surface area contributed by atoms with E-state index in [1.54, 1.807) is 0 Å². The summed E-state index contributed by atoms with van der Waals surface area (Å²) in [6.45, 7) is 5.06. The van der Waals surface area contributed by atoms with E-state index < -0.39 is 4.92 Å². The van der Waals surface area contributed by atoms with Crippen LogP contribution in [0, 0.1) is 10.1 Å². The quantitative estimate of drug-likeness (QED) is 0.496. The third kappa shape index (κ3) is 4.33. The van der Waals surface area contributed by atoms with E-state index in [9.17, 15) is 10.1 Å². The van der Waals surface area contributed by atoms with Gasteiger partial charge in [0.1, 0.15) is 6.61 Å². The van der Waals surface area contributed by atoms with Crippen LogP contribution in [-0.4, -0.2) is 24.1 Å². The van der Waals surface area contributed by atoms with Crippen molar-refractivity contribution >= 4 is 28.9 Å². The van der Waals surface area contributed by atoms with Crippen LogP contribution < -0.4 is 10.1 Å². The van der Waals surface area contributed by atoms with E-state index in [0.29, 0.717) is 19.2 Å². The summed E-state index contributed by atoms with van der Waals surface area (Å²) in [5.41, 5.74) is -0.155. The number of nitrogens with zero attached hydrogens (tertiary/aromatic N) is 1. The summed E-state index contributed by atoms with van der Waals surface area (Å²) >= 11 is 11.8. The van der Waals surface area contributed by atoms with Gasteiger partial charge in [0.2, 0.25) is 0 Å². The molecule has 0 bridgehead atoms. The lowest BCUT2D eigenvalue weighted by atomic mass is 10.3. The first kappa shape index (κ1) is 15.0. The highest BCUT2D eigenvalue weighted by molar-refractivity contribution is 6.37. The van der Waals surface area contributed by atoms with Crippen molar-refractivity contribution in [3.8, 4) is 5.75 Å². The van der Waals surface area contributed by atoms with Crippen molar-refractivity contribution in [2.45, 2.75) is 19.9 Å². The Bertz CT molecular complexity index is 415. The minimum Gasteiger partial charge on any atom is -0.489 e. The van der Waals surface area contributed by atoms with Gasteiger partial charge in [0.25, 0.3) is 5.69 Å². The number of nitrogens with one attached hydrogen (secondary N) is 1. The highest BCUT2D eigenvalue weighted by Gasteiger charge is 2.15. The first-order chi connectivity index (χ1) is 8.41. The SMILES string of the molecule is CC(C)NCCOc1c(Cl)cc([N+](=O)[O-])cc1Cl. The van der Waals surface area contributed by atoms with Crippen molar-refractivity contribution in [1.29, 1.82) is 0 Å². The summed E-state index contributed by atoms with van der Waals surface area (Å²) in [7, 11) is 0. The van der Waals surface area contributed by atoms with Gasteiger partial charge in [-0.2, -0.15) is 0 Å². The summed E-state index contributed by atoms with van der Waals surface area (Å²) in [6.07, 6.45) is 0. The molecule has 0 spiro atoms. The van der Waals surface area contributed by atoms with Gasteiger partial charge in [0, 0.05) is 24.7 Å². The fraction of sp³-hybridized carbons (Fsp3) is 0.455. The maximum absolute atomic E-state index is 10.6. The number of hydrogen-bond donors (Lipinski definition) is 1. The molecule has 1 N–H and O–H groups in total. The van der Waals surface area contributed by atoms with Gasteiger partial charge in [-0.25, -0.2) is 0 Å². The van der Waals surface area contributed by atoms with Crippen LogP contribution in [0.2, 0.25) is 10.0 Å². The second-order valence-corrected chi connectivity index (χ2v) is 4.77. The molecule has 0 amide bonds. The zero-order valence-corrected chi connectivity index (χ0v) is 11.6. The van der Waals surface area contributed by atoms with Crippen molar-refractivity contribution in [1.82, 2.24) is 5.32 Å². The smallest absolute Gasteiger partial charge is 0.272 e. The molecule has 0 saturated carbocycles. The van der Waals surface area contributed by atoms with Gasteiger partial charge in [0.15, 0.2) is 5.75 Å². The molecule has 1 rings (SSSR count). The first-order valence-electron chi connectivity index (χ1n) is 5.41. The van der Waals surface area contributed by atoms with Crippen molar-refractivity contribution in [2.75, 3.05) is 13.2 Å². The van der Waals surface area contributed by atoms with Crippen LogP contribution in [0.5, 0.6) is 5.75 Å². The molecule has 0 aliphatic carbocycles. The van der Waals surface area contributed by atoms with Gasteiger partial charge < -0.3 is 10.1 Å². The van der Waals surface area contributed by atoms with Gasteiger partial charge in [-0.1, -0.05) is 37.0 Å². The molecule has 1 aromatic rings. The molecular formula is C11H14Cl2N2O3. The van der Waals surface area contributed by atoms with E-state index in [1.165, 1.54) is 12.1 Å². The first-order valence-corrected chi connectivity index (χ1v) is 6.17. The van der Waals surface area contributed by atoms with Gasteiger partial charge in [-0.15, -0.1) is 0 Å². The molecular weight excluding hydrogens is 279 g/mol. The highest BCUT2D eigenvalue weighted by Crippen LogP contribution is 2.36. The second-order valence-electron chi connectivity index (χ2n) is 3.95. The Hall–Kier alpha value is -1.04. The van der Waals surface area contributed by atoms with Gasteiger partial charge in [-0.05, 0) is 0 Å². The Morgan fingerprint density at radius 1 is 1.39 bits per heavy atom. The normalized spacial score (nSPS) is 10.7. The van der Waals surface area contributed by atoms with Gasteiger partial charge in [-0.3, -0.25) is 10.1 Å². The Morgan fingerprint density at radius 2 is 1.94 bits per heavy atom. The predicted octanol–water partition coefficient (Wildman–Crippen LogP) is 3.28. The van der Waals surface area contributed by atoms with Crippen LogP contribution in [0.4, 0.5) is 5.69 Å². The number of halogens is 2. The molecule has 100 valence electrons. The van der Waals surface area contributed by atoms with Crippen molar-refractivity contribution in [2.24, 2.45) is 0 Å². The van der Waals surface area contributed by atoms with Gasteiger partial charge >= 0.3 is 0 Å². The van der Waals surface area contributed by atoms with E-state index in [4.69, 9.17) is 27.9 Å². The van der Waals surface area contributed by atoms with Crippen LogP contribution in [-0.2, 0) is 0 Å². The molecule has 0 radical (unpaired) electrons. The third-order valence-electron chi connectivity index (χ3n) is 2.09. The van der Waals surface area contributed by atoms with Crippen molar-refractivity contribution in [3.63, 3.8) is 0 Å². The maximum atomic E-state index is 10.6. The molecule has 5 nitrogen and oxygen atoms in total. The molecule has 0 heterocycles.